The molecule has 6 nitrogen and oxygen atoms in total. The van der Waals surface area contributed by atoms with Gasteiger partial charge in [0, 0.05) is 24.7 Å². The molecule has 0 radical (unpaired) electrons. The molecule has 0 bridgehead atoms. The molecule has 0 aromatic heterocycles. The summed E-state index contributed by atoms with van der Waals surface area (Å²) in [6, 6.07) is 7.20. The Balaban J connectivity index is 2.02. The first-order valence-corrected chi connectivity index (χ1v) is 8.59. The molecule has 1 fully saturated rings. The Bertz CT molecular complexity index is 598. The molecule has 1 saturated heterocycles. The fourth-order valence-electron chi connectivity index (χ4n) is 2.51. The molecule has 0 aliphatic carbocycles. The average Bonchev–Trinajstić information content (AvgIpc) is 2.45. The Hall–Kier alpha value is -1.44. The van der Waals surface area contributed by atoms with Crippen molar-refractivity contribution in [2.45, 2.75) is 38.8 Å². The van der Waals surface area contributed by atoms with Crippen LogP contribution in [0.3, 0.4) is 0 Å². The van der Waals surface area contributed by atoms with Crippen LogP contribution in [0.1, 0.15) is 42.1 Å². The van der Waals surface area contributed by atoms with E-state index in [0.29, 0.717) is 5.56 Å². The first-order valence-electron chi connectivity index (χ1n) is 7.04. The van der Waals surface area contributed by atoms with Crippen molar-refractivity contribution in [3.8, 4) is 0 Å². The maximum absolute atomic E-state index is 12.4. The third-order valence-corrected chi connectivity index (χ3v) is 4.29. The van der Waals surface area contributed by atoms with Crippen LogP contribution in [0.25, 0.3) is 0 Å². The van der Waals surface area contributed by atoms with Gasteiger partial charge in [0.1, 0.15) is 0 Å². The van der Waals surface area contributed by atoms with Crippen molar-refractivity contribution < 1.29 is 13.2 Å². The number of nitrogens with zero attached hydrogens (tertiary/aromatic N) is 1. The summed E-state index contributed by atoms with van der Waals surface area (Å²) in [6.45, 7) is 2.99. The molecule has 1 aromatic carbocycles. The predicted molar refractivity (Wildman–Crippen MR) is 80.7 cm³/mol. The van der Waals surface area contributed by atoms with Crippen LogP contribution in [0.2, 0.25) is 0 Å². The zero-order valence-corrected chi connectivity index (χ0v) is 12.9. The third-order valence-electron chi connectivity index (χ3n) is 3.74. The van der Waals surface area contributed by atoms with Crippen molar-refractivity contribution >= 4 is 16.1 Å². The molecule has 1 atom stereocenters. The minimum absolute atomic E-state index is 0.0353. The summed E-state index contributed by atoms with van der Waals surface area (Å²) in [5, 5.41) is 4.87. The monoisotopic (exact) mass is 311 g/mol. The van der Waals surface area contributed by atoms with Gasteiger partial charge in [-0.15, -0.1) is 0 Å². The highest BCUT2D eigenvalue weighted by atomic mass is 32.2. The van der Waals surface area contributed by atoms with Gasteiger partial charge in [0.15, 0.2) is 0 Å². The number of hydrogen-bond donors (Lipinski definition) is 2. The van der Waals surface area contributed by atoms with Crippen molar-refractivity contribution in [1.82, 2.24) is 9.62 Å². The molecule has 7 heteroatoms. The number of carbonyl (C=O) groups excluding carboxylic acids is 1. The number of nitrogens with two attached hydrogens (primary N) is 1. The summed E-state index contributed by atoms with van der Waals surface area (Å²) in [6.07, 6.45) is 3.26. The number of amides is 1. The van der Waals surface area contributed by atoms with Crippen LogP contribution in [-0.2, 0) is 16.8 Å². The summed E-state index contributed by atoms with van der Waals surface area (Å²) in [5.41, 5.74) is 1.38. The number of benzene rings is 1. The number of rotatable bonds is 4. The van der Waals surface area contributed by atoms with E-state index in [1.165, 1.54) is 6.42 Å². The summed E-state index contributed by atoms with van der Waals surface area (Å²) < 4.78 is 23.9. The maximum atomic E-state index is 12.4. The maximum Gasteiger partial charge on any atom is 0.274 e. The molecule has 2 rings (SSSR count). The van der Waals surface area contributed by atoms with E-state index in [4.69, 9.17) is 5.14 Å². The number of nitrogens with one attached hydrogen (secondary N) is 1. The lowest BCUT2D eigenvalue weighted by atomic mass is 10.0. The smallest absolute Gasteiger partial charge is 0.274 e. The van der Waals surface area contributed by atoms with E-state index in [1.54, 1.807) is 24.3 Å². The third kappa shape index (κ3) is 4.52. The highest BCUT2D eigenvalue weighted by Crippen LogP contribution is 2.19. The molecule has 1 amide bonds. The zero-order chi connectivity index (χ0) is 15.5. The standard InChI is InChI=1S/C14H21N3O3S/c1-11-4-2-3-9-17(11)14(18)13-7-5-12(6-8-13)10-16-21(15,19)20/h5-8,11,16H,2-4,9-10H2,1H3,(H2,15,19,20). The van der Waals surface area contributed by atoms with Crippen molar-refractivity contribution in [3.05, 3.63) is 35.4 Å². The number of piperidine rings is 1. The molecular weight excluding hydrogens is 290 g/mol. The van der Waals surface area contributed by atoms with Crippen LogP contribution in [-0.4, -0.2) is 31.8 Å². The van der Waals surface area contributed by atoms with E-state index >= 15 is 0 Å². The summed E-state index contributed by atoms with van der Waals surface area (Å²) in [5.74, 6) is 0.0353. The largest absolute Gasteiger partial charge is 0.336 e. The van der Waals surface area contributed by atoms with E-state index in [0.717, 1.165) is 24.9 Å². The second kappa shape index (κ2) is 6.55. The summed E-state index contributed by atoms with van der Waals surface area (Å²) in [7, 11) is -3.70. The van der Waals surface area contributed by atoms with Gasteiger partial charge in [-0.05, 0) is 43.9 Å². The SMILES string of the molecule is CC1CCCCN1C(=O)c1ccc(CNS(N)(=O)=O)cc1. The van der Waals surface area contributed by atoms with Crippen molar-refractivity contribution in [1.29, 1.82) is 0 Å². The van der Waals surface area contributed by atoms with Crippen molar-refractivity contribution in [2.24, 2.45) is 5.14 Å². The van der Waals surface area contributed by atoms with Crippen LogP contribution < -0.4 is 9.86 Å². The first-order chi connectivity index (χ1) is 9.87. The van der Waals surface area contributed by atoms with Gasteiger partial charge in [0.05, 0.1) is 0 Å². The molecule has 21 heavy (non-hydrogen) atoms. The van der Waals surface area contributed by atoms with Gasteiger partial charge >= 0.3 is 0 Å². The molecule has 0 spiro atoms. The molecule has 1 aliphatic heterocycles. The van der Waals surface area contributed by atoms with E-state index in [1.807, 2.05) is 4.90 Å². The Kier molecular flexibility index (Phi) is 4.97. The van der Waals surface area contributed by atoms with Crippen LogP contribution in [0.4, 0.5) is 0 Å². The molecule has 3 N–H and O–H groups in total. The number of likely N-dealkylation sites (tertiary alicyclic amines) is 1. The van der Waals surface area contributed by atoms with E-state index in [2.05, 4.69) is 11.6 Å². The zero-order valence-electron chi connectivity index (χ0n) is 12.1. The van der Waals surface area contributed by atoms with E-state index < -0.39 is 10.2 Å². The van der Waals surface area contributed by atoms with Gasteiger partial charge in [-0.2, -0.15) is 13.1 Å². The van der Waals surface area contributed by atoms with Crippen LogP contribution >= 0.6 is 0 Å². The summed E-state index contributed by atoms with van der Waals surface area (Å²) >= 11 is 0. The number of hydrogen-bond acceptors (Lipinski definition) is 3. The quantitative estimate of drug-likeness (QED) is 0.868. The highest BCUT2D eigenvalue weighted by molar-refractivity contribution is 7.87. The van der Waals surface area contributed by atoms with Gasteiger partial charge in [0.2, 0.25) is 0 Å². The van der Waals surface area contributed by atoms with Crippen LogP contribution in [0.5, 0.6) is 0 Å². The topological polar surface area (TPSA) is 92.5 Å². The lowest BCUT2D eigenvalue weighted by Crippen LogP contribution is -2.42. The highest BCUT2D eigenvalue weighted by Gasteiger charge is 2.23. The van der Waals surface area contributed by atoms with Crippen LogP contribution in [0, 0.1) is 0 Å². The second-order valence-corrected chi connectivity index (χ2v) is 6.79. The van der Waals surface area contributed by atoms with Crippen molar-refractivity contribution in [2.75, 3.05) is 6.54 Å². The molecule has 1 aliphatic rings. The molecule has 1 unspecified atom stereocenters. The summed E-state index contributed by atoms with van der Waals surface area (Å²) in [4.78, 5) is 14.3. The average molecular weight is 311 g/mol. The van der Waals surface area contributed by atoms with Gasteiger partial charge < -0.3 is 4.90 Å². The van der Waals surface area contributed by atoms with E-state index in [-0.39, 0.29) is 18.5 Å². The molecule has 1 heterocycles. The molecule has 116 valence electrons. The fraction of sp³-hybridized carbons (Fsp3) is 0.500. The first kappa shape index (κ1) is 15.9. The van der Waals surface area contributed by atoms with Crippen molar-refractivity contribution in [3.63, 3.8) is 0 Å². The predicted octanol–water partition coefficient (Wildman–Crippen LogP) is 0.994. The molecular formula is C14H21N3O3S. The lowest BCUT2D eigenvalue weighted by molar-refractivity contribution is 0.0635. The van der Waals surface area contributed by atoms with Crippen LogP contribution in [0.15, 0.2) is 24.3 Å². The van der Waals surface area contributed by atoms with Gasteiger partial charge in [-0.25, -0.2) is 5.14 Å². The second-order valence-electron chi connectivity index (χ2n) is 5.41. The van der Waals surface area contributed by atoms with Gasteiger partial charge in [-0.1, -0.05) is 12.1 Å². The van der Waals surface area contributed by atoms with E-state index in [9.17, 15) is 13.2 Å². The molecule has 0 saturated carbocycles. The lowest BCUT2D eigenvalue weighted by Gasteiger charge is -2.33. The van der Waals surface area contributed by atoms with Gasteiger partial charge in [-0.3, -0.25) is 4.79 Å². The fourth-order valence-corrected chi connectivity index (χ4v) is 2.88. The number of carbonyl (C=O) groups is 1. The van der Waals surface area contributed by atoms with Gasteiger partial charge in [0.25, 0.3) is 16.1 Å². The normalized spacial score (nSPS) is 19.5. The minimum atomic E-state index is -3.70. The molecule has 1 aromatic rings. The Morgan fingerprint density at radius 2 is 2.00 bits per heavy atom. The Morgan fingerprint density at radius 1 is 1.33 bits per heavy atom. The Labute approximate surface area is 125 Å². The Morgan fingerprint density at radius 3 is 2.57 bits per heavy atom. The minimum Gasteiger partial charge on any atom is -0.336 e.